The number of likely N-dealkylation sites (tertiary alicyclic amines) is 1. The lowest BCUT2D eigenvalue weighted by atomic mass is 10.2. The van der Waals surface area contributed by atoms with Crippen LogP contribution in [-0.4, -0.2) is 38.1 Å². The number of hydrogen-bond donors (Lipinski definition) is 0. The van der Waals surface area contributed by atoms with Crippen molar-refractivity contribution in [3.05, 3.63) is 46.3 Å². The second kappa shape index (κ2) is 6.55. The first-order valence-corrected chi connectivity index (χ1v) is 9.01. The molecule has 6 nitrogen and oxygen atoms in total. The highest BCUT2D eigenvalue weighted by atomic mass is 19.1. The quantitative estimate of drug-likeness (QED) is 0.709. The van der Waals surface area contributed by atoms with E-state index >= 15 is 0 Å². The van der Waals surface area contributed by atoms with Crippen molar-refractivity contribution in [1.82, 2.24) is 19.1 Å². The minimum atomic E-state index is -0.351. The van der Waals surface area contributed by atoms with Crippen LogP contribution < -0.4 is 5.56 Å². The highest BCUT2D eigenvalue weighted by Gasteiger charge is 2.19. The average Bonchev–Trinajstić information content (AvgIpc) is 2.79. The summed E-state index contributed by atoms with van der Waals surface area (Å²) in [6.45, 7) is 3.19. The summed E-state index contributed by atoms with van der Waals surface area (Å²) in [5.41, 5.74) is 0.798. The fourth-order valence-corrected chi connectivity index (χ4v) is 3.74. The molecule has 1 aliphatic rings. The second-order valence-corrected chi connectivity index (χ2v) is 6.87. The van der Waals surface area contributed by atoms with Crippen LogP contribution in [0.4, 0.5) is 4.39 Å². The van der Waals surface area contributed by atoms with Gasteiger partial charge in [-0.3, -0.25) is 14.0 Å². The number of hydrogen-bond acceptors (Lipinski definition) is 3. The normalized spacial score (nSPS) is 15.5. The summed E-state index contributed by atoms with van der Waals surface area (Å²) in [5, 5.41) is 4.97. The van der Waals surface area contributed by atoms with E-state index in [0.717, 1.165) is 44.3 Å². The van der Waals surface area contributed by atoms with Gasteiger partial charge < -0.3 is 4.90 Å². The molecule has 0 unspecified atom stereocenters. The van der Waals surface area contributed by atoms with Crippen LogP contribution in [0.15, 0.2) is 29.1 Å². The van der Waals surface area contributed by atoms with E-state index in [9.17, 15) is 14.0 Å². The Labute approximate surface area is 149 Å². The molecule has 3 aromatic rings. The molecular formula is C19H21FN4O2. The summed E-state index contributed by atoms with van der Waals surface area (Å²) in [6, 6.07) is 6.05. The second-order valence-electron chi connectivity index (χ2n) is 6.87. The molecule has 4 rings (SSSR count). The van der Waals surface area contributed by atoms with Gasteiger partial charge in [0.25, 0.3) is 5.56 Å². The molecule has 1 aromatic carbocycles. The van der Waals surface area contributed by atoms with Gasteiger partial charge in [-0.15, -0.1) is 0 Å². The van der Waals surface area contributed by atoms with Crippen molar-refractivity contribution >= 4 is 22.3 Å². The smallest absolute Gasteiger partial charge is 0.291 e. The molecule has 26 heavy (non-hydrogen) atoms. The summed E-state index contributed by atoms with van der Waals surface area (Å²) in [6.07, 6.45) is 4.28. The third-order valence-corrected chi connectivity index (χ3v) is 5.05. The lowest BCUT2D eigenvalue weighted by molar-refractivity contribution is -0.132. The van der Waals surface area contributed by atoms with Gasteiger partial charge >= 0.3 is 0 Å². The summed E-state index contributed by atoms with van der Waals surface area (Å²) in [7, 11) is 0. The molecule has 136 valence electrons. The predicted octanol–water partition coefficient (Wildman–Crippen LogP) is 2.50. The SMILES string of the molecule is Cc1nn(CC(=O)N2CCCCCC2)c(=O)c2cc3cc(F)ccc3n12. The minimum Gasteiger partial charge on any atom is -0.341 e. The van der Waals surface area contributed by atoms with Crippen LogP contribution in [0, 0.1) is 12.7 Å². The van der Waals surface area contributed by atoms with Crippen LogP contribution in [0.25, 0.3) is 16.4 Å². The Morgan fingerprint density at radius 2 is 1.85 bits per heavy atom. The average molecular weight is 356 g/mol. The van der Waals surface area contributed by atoms with Crippen molar-refractivity contribution in [3.63, 3.8) is 0 Å². The lowest BCUT2D eigenvalue weighted by Gasteiger charge is -2.20. The summed E-state index contributed by atoms with van der Waals surface area (Å²) < 4.78 is 16.4. The number of carbonyl (C=O) groups is 1. The molecule has 0 atom stereocenters. The van der Waals surface area contributed by atoms with Gasteiger partial charge in [-0.05, 0) is 44.0 Å². The molecule has 1 aliphatic heterocycles. The van der Waals surface area contributed by atoms with E-state index in [1.165, 1.54) is 16.8 Å². The first-order valence-electron chi connectivity index (χ1n) is 9.01. The van der Waals surface area contributed by atoms with E-state index in [2.05, 4.69) is 5.10 Å². The van der Waals surface area contributed by atoms with E-state index < -0.39 is 0 Å². The zero-order valence-corrected chi connectivity index (χ0v) is 14.7. The Bertz CT molecular complexity index is 1050. The van der Waals surface area contributed by atoms with Crippen LogP contribution in [0.5, 0.6) is 0 Å². The van der Waals surface area contributed by atoms with Gasteiger partial charge in [0.2, 0.25) is 5.91 Å². The van der Waals surface area contributed by atoms with Crippen molar-refractivity contribution in [2.45, 2.75) is 39.2 Å². The Balaban J connectivity index is 1.74. The maximum absolute atomic E-state index is 13.5. The molecule has 0 spiro atoms. The number of fused-ring (bicyclic) bond motifs is 3. The predicted molar refractivity (Wildman–Crippen MR) is 96.7 cm³/mol. The minimum absolute atomic E-state index is 0.0634. The zero-order valence-electron chi connectivity index (χ0n) is 14.7. The number of aryl methyl sites for hydroxylation is 1. The number of carbonyl (C=O) groups excluding carboxylic acids is 1. The number of halogens is 1. The maximum atomic E-state index is 13.5. The molecule has 0 bridgehead atoms. The first kappa shape index (κ1) is 16.8. The van der Waals surface area contributed by atoms with Crippen LogP contribution >= 0.6 is 0 Å². The van der Waals surface area contributed by atoms with Gasteiger partial charge in [0.15, 0.2) is 0 Å². The molecule has 0 N–H and O–H groups in total. The van der Waals surface area contributed by atoms with E-state index in [1.807, 2.05) is 4.90 Å². The van der Waals surface area contributed by atoms with E-state index in [0.29, 0.717) is 16.7 Å². The zero-order chi connectivity index (χ0) is 18.3. The molecule has 1 fully saturated rings. The molecule has 7 heteroatoms. The third kappa shape index (κ3) is 2.87. The first-order chi connectivity index (χ1) is 12.5. The highest BCUT2D eigenvalue weighted by Crippen LogP contribution is 2.20. The Morgan fingerprint density at radius 1 is 1.12 bits per heavy atom. The van der Waals surface area contributed by atoms with Gasteiger partial charge in [-0.2, -0.15) is 5.10 Å². The summed E-state index contributed by atoms with van der Waals surface area (Å²) in [4.78, 5) is 27.3. The Kier molecular flexibility index (Phi) is 4.22. The van der Waals surface area contributed by atoms with Crippen molar-refractivity contribution in [1.29, 1.82) is 0 Å². The fraction of sp³-hybridized carbons (Fsp3) is 0.421. The molecule has 0 radical (unpaired) electrons. The van der Waals surface area contributed by atoms with Crippen LogP contribution in [0.2, 0.25) is 0 Å². The topological polar surface area (TPSA) is 59.6 Å². The van der Waals surface area contributed by atoms with Gasteiger partial charge in [-0.25, -0.2) is 9.07 Å². The van der Waals surface area contributed by atoms with Crippen molar-refractivity contribution < 1.29 is 9.18 Å². The van der Waals surface area contributed by atoms with Crippen LogP contribution in [-0.2, 0) is 11.3 Å². The van der Waals surface area contributed by atoms with Crippen LogP contribution in [0.1, 0.15) is 31.5 Å². The Hall–Kier alpha value is -2.70. The van der Waals surface area contributed by atoms with Gasteiger partial charge in [0.05, 0.1) is 5.52 Å². The lowest BCUT2D eigenvalue weighted by Crippen LogP contribution is -2.38. The van der Waals surface area contributed by atoms with Gasteiger partial charge in [-0.1, -0.05) is 12.8 Å². The van der Waals surface area contributed by atoms with Crippen molar-refractivity contribution in [2.24, 2.45) is 0 Å². The molecule has 0 saturated carbocycles. The number of benzene rings is 1. The third-order valence-electron chi connectivity index (χ3n) is 5.05. The van der Waals surface area contributed by atoms with E-state index in [-0.39, 0.29) is 23.8 Å². The molecule has 0 aliphatic carbocycles. The number of aromatic nitrogens is 3. The van der Waals surface area contributed by atoms with E-state index in [1.54, 1.807) is 23.5 Å². The monoisotopic (exact) mass is 356 g/mol. The summed E-state index contributed by atoms with van der Waals surface area (Å²) in [5.74, 6) is 0.160. The van der Waals surface area contributed by atoms with Gasteiger partial charge in [0, 0.05) is 18.5 Å². The van der Waals surface area contributed by atoms with Crippen LogP contribution in [0.3, 0.4) is 0 Å². The van der Waals surface area contributed by atoms with E-state index in [4.69, 9.17) is 0 Å². The molecule has 3 heterocycles. The fourth-order valence-electron chi connectivity index (χ4n) is 3.74. The molecule has 1 amide bonds. The maximum Gasteiger partial charge on any atom is 0.291 e. The number of amides is 1. The molecule has 1 saturated heterocycles. The van der Waals surface area contributed by atoms with Crippen molar-refractivity contribution in [3.8, 4) is 0 Å². The standard InChI is InChI=1S/C19H21FN4O2/c1-13-21-23(12-18(25)22-8-4-2-3-5-9-22)19(26)17-11-14-10-15(20)6-7-16(14)24(13)17/h6-7,10-11H,2-5,8-9,12H2,1H3. The Morgan fingerprint density at radius 3 is 2.58 bits per heavy atom. The number of rotatable bonds is 2. The highest BCUT2D eigenvalue weighted by molar-refractivity contribution is 5.87. The number of nitrogens with zero attached hydrogens (tertiary/aromatic N) is 4. The molecule has 2 aromatic heterocycles. The summed E-state index contributed by atoms with van der Waals surface area (Å²) >= 11 is 0. The van der Waals surface area contributed by atoms with Gasteiger partial charge in [0.1, 0.15) is 23.7 Å². The van der Waals surface area contributed by atoms with Crippen molar-refractivity contribution in [2.75, 3.05) is 13.1 Å². The largest absolute Gasteiger partial charge is 0.341 e. The molecular weight excluding hydrogens is 335 g/mol.